The number of aromatic nitrogens is 2. The summed E-state index contributed by atoms with van der Waals surface area (Å²) < 4.78 is 8.69. The van der Waals surface area contributed by atoms with Gasteiger partial charge in [0.1, 0.15) is 12.4 Å². The van der Waals surface area contributed by atoms with Gasteiger partial charge in [-0.2, -0.15) is 0 Å². The molecule has 96 valence electrons. The Morgan fingerprint density at radius 1 is 1.39 bits per heavy atom. The summed E-state index contributed by atoms with van der Waals surface area (Å²) in [5.74, 6) is 0.867. The van der Waals surface area contributed by atoms with E-state index in [1.54, 1.807) is 0 Å². The van der Waals surface area contributed by atoms with Crippen LogP contribution in [0.3, 0.4) is 0 Å². The van der Waals surface area contributed by atoms with E-state index in [-0.39, 0.29) is 0 Å². The molecule has 18 heavy (non-hydrogen) atoms. The highest BCUT2D eigenvalue weighted by Gasteiger charge is 1.99. The molecule has 0 saturated heterocycles. The summed E-state index contributed by atoms with van der Waals surface area (Å²) in [4.78, 5) is 4.27. The number of hydrogen-bond donors (Lipinski definition) is 1. The Kier molecular flexibility index (Phi) is 4.78. The number of hydrogen-bond acceptors (Lipinski definition) is 3. The molecule has 0 bridgehead atoms. The van der Waals surface area contributed by atoms with E-state index in [9.17, 15) is 0 Å². The van der Waals surface area contributed by atoms with E-state index < -0.39 is 0 Å². The van der Waals surface area contributed by atoms with E-state index in [2.05, 4.69) is 20.9 Å². The van der Waals surface area contributed by atoms with Crippen LogP contribution in [0.1, 0.15) is 5.69 Å². The van der Waals surface area contributed by atoms with Crippen LogP contribution in [-0.2, 0) is 13.0 Å². The largest absolute Gasteiger partial charge is 0.492 e. The second kappa shape index (κ2) is 6.56. The van der Waals surface area contributed by atoms with Crippen LogP contribution < -0.4 is 10.5 Å². The van der Waals surface area contributed by atoms with Gasteiger partial charge in [-0.3, -0.25) is 0 Å². The van der Waals surface area contributed by atoms with Gasteiger partial charge in [0.25, 0.3) is 0 Å². The second-order valence-electron chi connectivity index (χ2n) is 3.95. The fraction of sp³-hybridized carbons (Fsp3) is 0.308. The molecule has 5 heteroatoms. The van der Waals surface area contributed by atoms with Gasteiger partial charge in [0.2, 0.25) is 0 Å². The predicted octanol–water partition coefficient (Wildman–Crippen LogP) is 2.23. The van der Waals surface area contributed by atoms with Gasteiger partial charge < -0.3 is 15.0 Å². The Hall–Kier alpha value is -1.33. The van der Waals surface area contributed by atoms with E-state index in [1.165, 1.54) is 0 Å². The molecule has 0 aliphatic heterocycles. The van der Waals surface area contributed by atoms with Crippen LogP contribution in [0, 0.1) is 0 Å². The van der Waals surface area contributed by atoms with Crippen LogP contribution >= 0.6 is 15.9 Å². The standard InChI is InChI=1S/C13H16BrN3O/c14-11-2-1-3-13(8-11)18-7-6-17-9-12(4-5-15)16-10-17/h1-3,8-10H,4-7,15H2. The summed E-state index contributed by atoms with van der Waals surface area (Å²) in [6.07, 6.45) is 4.64. The molecular weight excluding hydrogens is 294 g/mol. The minimum Gasteiger partial charge on any atom is -0.492 e. The van der Waals surface area contributed by atoms with Gasteiger partial charge in [0.15, 0.2) is 0 Å². The maximum atomic E-state index is 5.66. The van der Waals surface area contributed by atoms with Gasteiger partial charge in [-0.05, 0) is 24.7 Å². The molecule has 0 unspecified atom stereocenters. The molecular formula is C13H16BrN3O. The van der Waals surface area contributed by atoms with Crippen molar-refractivity contribution in [2.45, 2.75) is 13.0 Å². The SMILES string of the molecule is NCCc1cn(CCOc2cccc(Br)c2)cn1. The first-order chi connectivity index (χ1) is 8.78. The molecule has 0 aliphatic carbocycles. The average molecular weight is 310 g/mol. The third kappa shape index (κ3) is 3.85. The Bertz CT molecular complexity index is 498. The summed E-state index contributed by atoms with van der Waals surface area (Å²) in [5.41, 5.74) is 6.51. The molecule has 0 amide bonds. The lowest BCUT2D eigenvalue weighted by Gasteiger charge is -2.06. The molecule has 0 fully saturated rings. The third-order valence-corrected chi connectivity index (χ3v) is 2.99. The fourth-order valence-electron chi connectivity index (χ4n) is 1.63. The quantitative estimate of drug-likeness (QED) is 0.890. The van der Waals surface area contributed by atoms with Gasteiger partial charge in [-0.15, -0.1) is 0 Å². The molecule has 0 aliphatic rings. The minimum absolute atomic E-state index is 0.620. The molecule has 1 aromatic heterocycles. The smallest absolute Gasteiger partial charge is 0.120 e. The first-order valence-electron chi connectivity index (χ1n) is 5.87. The molecule has 2 N–H and O–H groups in total. The lowest BCUT2D eigenvalue weighted by Crippen LogP contribution is -2.06. The first kappa shape index (κ1) is 13.1. The topological polar surface area (TPSA) is 53.1 Å². The van der Waals surface area contributed by atoms with Gasteiger partial charge >= 0.3 is 0 Å². The van der Waals surface area contributed by atoms with E-state index in [1.807, 2.05) is 41.4 Å². The highest BCUT2D eigenvalue weighted by atomic mass is 79.9. The van der Waals surface area contributed by atoms with Crippen LogP contribution in [0.2, 0.25) is 0 Å². The fourth-order valence-corrected chi connectivity index (χ4v) is 2.01. The molecule has 2 rings (SSSR count). The van der Waals surface area contributed by atoms with E-state index in [0.717, 1.165) is 28.9 Å². The van der Waals surface area contributed by atoms with Crippen LogP contribution in [0.5, 0.6) is 5.75 Å². The van der Waals surface area contributed by atoms with E-state index >= 15 is 0 Å². The molecule has 2 aromatic rings. The average Bonchev–Trinajstić information content (AvgIpc) is 2.78. The number of nitrogens with two attached hydrogens (primary N) is 1. The molecule has 0 saturated carbocycles. The van der Waals surface area contributed by atoms with Crippen molar-refractivity contribution in [2.24, 2.45) is 5.73 Å². The van der Waals surface area contributed by atoms with Gasteiger partial charge in [0.05, 0.1) is 18.6 Å². The number of benzene rings is 1. The van der Waals surface area contributed by atoms with Crippen molar-refractivity contribution in [1.29, 1.82) is 0 Å². The normalized spacial score (nSPS) is 10.6. The lowest BCUT2D eigenvalue weighted by atomic mass is 10.3. The zero-order chi connectivity index (χ0) is 12.8. The maximum Gasteiger partial charge on any atom is 0.120 e. The third-order valence-electron chi connectivity index (χ3n) is 2.50. The molecule has 1 heterocycles. The summed E-state index contributed by atoms with van der Waals surface area (Å²) >= 11 is 3.41. The van der Waals surface area contributed by atoms with Gasteiger partial charge in [0, 0.05) is 17.1 Å². The molecule has 0 spiro atoms. The Morgan fingerprint density at radius 3 is 3.06 bits per heavy atom. The molecule has 0 radical (unpaired) electrons. The van der Waals surface area contributed by atoms with Crippen LogP contribution in [0.4, 0.5) is 0 Å². The minimum atomic E-state index is 0.620. The van der Waals surface area contributed by atoms with Gasteiger partial charge in [-0.1, -0.05) is 22.0 Å². The monoisotopic (exact) mass is 309 g/mol. The van der Waals surface area contributed by atoms with Crippen molar-refractivity contribution in [3.8, 4) is 5.75 Å². The molecule has 4 nitrogen and oxygen atoms in total. The Morgan fingerprint density at radius 2 is 2.28 bits per heavy atom. The highest BCUT2D eigenvalue weighted by Crippen LogP contribution is 2.17. The van der Waals surface area contributed by atoms with Crippen LogP contribution in [-0.4, -0.2) is 22.7 Å². The van der Waals surface area contributed by atoms with Crippen molar-refractivity contribution < 1.29 is 4.74 Å². The summed E-state index contributed by atoms with van der Waals surface area (Å²) in [6, 6.07) is 7.82. The number of ether oxygens (including phenoxy) is 1. The van der Waals surface area contributed by atoms with Crippen molar-refractivity contribution >= 4 is 15.9 Å². The van der Waals surface area contributed by atoms with Gasteiger partial charge in [-0.25, -0.2) is 4.98 Å². The molecule has 1 aromatic carbocycles. The number of imidazole rings is 1. The number of halogens is 1. The van der Waals surface area contributed by atoms with Crippen molar-refractivity contribution in [2.75, 3.05) is 13.2 Å². The molecule has 0 atom stereocenters. The Balaban J connectivity index is 1.81. The Labute approximate surface area is 115 Å². The number of nitrogens with zero attached hydrogens (tertiary/aromatic N) is 2. The highest BCUT2D eigenvalue weighted by molar-refractivity contribution is 9.10. The zero-order valence-electron chi connectivity index (χ0n) is 10.1. The van der Waals surface area contributed by atoms with E-state index in [0.29, 0.717) is 13.2 Å². The lowest BCUT2D eigenvalue weighted by molar-refractivity contribution is 0.298. The van der Waals surface area contributed by atoms with Crippen molar-refractivity contribution in [1.82, 2.24) is 9.55 Å². The maximum absolute atomic E-state index is 5.66. The van der Waals surface area contributed by atoms with E-state index in [4.69, 9.17) is 10.5 Å². The van der Waals surface area contributed by atoms with Crippen LogP contribution in [0.25, 0.3) is 0 Å². The van der Waals surface area contributed by atoms with Crippen LogP contribution in [0.15, 0.2) is 41.3 Å². The predicted molar refractivity (Wildman–Crippen MR) is 74.6 cm³/mol. The number of rotatable bonds is 6. The summed E-state index contributed by atoms with van der Waals surface area (Å²) in [7, 11) is 0. The summed E-state index contributed by atoms with van der Waals surface area (Å²) in [5, 5.41) is 0. The van der Waals surface area contributed by atoms with Crippen molar-refractivity contribution in [3.05, 3.63) is 47.0 Å². The zero-order valence-corrected chi connectivity index (χ0v) is 11.6. The summed E-state index contributed by atoms with van der Waals surface area (Å²) in [6.45, 7) is 2.03. The second-order valence-corrected chi connectivity index (χ2v) is 4.86. The first-order valence-corrected chi connectivity index (χ1v) is 6.66. The van der Waals surface area contributed by atoms with Crippen molar-refractivity contribution in [3.63, 3.8) is 0 Å².